The smallest absolute Gasteiger partial charge is 0.296 e. The molecule has 5 nitrogen and oxygen atoms in total. The number of hydrogen-bond donors (Lipinski definition) is 0. The molecule has 0 fully saturated rings. The summed E-state index contributed by atoms with van der Waals surface area (Å²) >= 11 is 1.52. The van der Waals surface area contributed by atoms with E-state index in [0.717, 1.165) is 21.2 Å². The Morgan fingerprint density at radius 1 is 1.03 bits per heavy atom. The van der Waals surface area contributed by atoms with Gasteiger partial charge in [0.2, 0.25) is 0 Å². The van der Waals surface area contributed by atoms with Gasteiger partial charge in [0.15, 0.2) is 22.2 Å². The van der Waals surface area contributed by atoms with Gasteiger partial charge in [-0.1, -0.05) is 53.8 Å². The third-order valence-electron chi connectivity index (χ3n) is 5.67. The van der Waals surface area contributed by atoms with Gasteiger partial charge in [0.25, 0.3) is 5.91 Å². The van der Waals surface area contributed by atoms with Crippen molar-refractivity contribution in [3.63, 3.8) is 0 Å². The molecule has 166 valence electrons. The lowest BCUT2D eigenvalue weighted by molar-refractivity contribution is 0.0960. The average molecular weight is 457 g/mol. The molecule has 0 saturated carbocycles. The van der Waals surface area contributed by atoms with Gasteiger partial charge in [-0.3, -0.25) is 9.69 Å². The molecule has 1 amide bonds. The Labute approximate surface area is 196 Å². The van der Waals surface area contributed by atoms with Gasteiger partial charge in [-0.2, -0.15) is 0 Å². The lowest BCUT2D eigenvalue weighted by atomic mass is 10.1. The van der Waals surface area contributed by atoms with Gasteiger partial charge in [-0.15, -0.1) is 0 Å². The standard InChI is InChI=1S/C27H24N2O3S/c1-4-31-22-12-8-11-20-15-23(32-25(20)22)26(30)29(16-19-9-6-5-7-10-19)27-28-21-13-17(2)18(3)14-24(21)33-27/h5-15H,4,16H2,1-3H3. The van der Waals surface area contributed by atoms with Crippen LogP contribution in [0.25, 0.3) is 21.2 Å². The summed E-state index contributed by atoms with van der Waals surface area (Å²) in [6.45, 7) is 7.00. The minimum Gasteiger partial charge on any atom is -0.490 e. The minimum absolute atomic E-state index is 0.231. The maximum Gasteiger partial charge on any atom is 0.296 e. The summed E-state index contributed by atoms with van der Waals surface area (Å²) in [5, 5.41) is 1.48. The van der Waals surface area contributed by atoms with Crippen LogP contribution >= 0.6 is 11.3 Å². The van der Waals surface area contributed by atoms with Crippen LogP contribution < -0.4 is 9.64 Å². The van der Waals surface area contributed by atoms with Crippen molar-refractivity contribution in [2.24, 2.45) is 0 Å². The van der Waals surface area contributed by atoms with Gasteiger partial charge in [-0.25, -0.2) is 4.98 Å². The zero-order valence-corrected chi connectivity index (χ0v) is 19.6. The molecule has 0 saturated heterocycles. The molecule has 5 aromatic rings. The second-order valence-electron chi connectivity index (χ2n) is 8.00. The van der Waals surface area contributed by atoms with Crippen LogP contribution in [0.15, 0.2) is 71.1 Å². The normalized spacial score (nSPS) is 11.2. The van der Waals surface area contributed by atoms with E-state index in [9.17, 15) is 4.79 Å². The van der Waals surface area contributed by atoms with E-state index in [1.807, 2.05) is 55.5 Å². The highest BCUT2D eigenvalue weighted by Gasteiger charge is 2.25. The van der Waals surface area contributed by atoms with E-state index < -0.39 is 0 Å². The lowest BCUT2D eigenvalue weighted by Gasteiger charge is -2.18. The number of thiazole rings is 1. The SMILES string of the molecule is CCOc1cccc2cc(C(=O)N(Cc3ccccc3)c3nc4cc(C)c(C)cc4s3)oc12. The molecular formula is C27H24N2O3S. The highest BCUT2D eigenvalue weighted by atomic mass is 32.1. The van der Waals surface area contributed by atoms with Gasteiger partial charge in [0.1, 0.15) is 0 Å². The van der Waals surface area contributed by atoms with Crippen LogP contribution in [0, 0.1) is 13.8 Å². The van der Waals surface area contributed by atoms with Crippen LogP contribution in [0.3, 0.4) is 0 Å². The average Bonchev–Trinajstić information content (AvgIpc) is 3.43. The van der Waals surface area contributed by atoms with Crippen molar-refractivity contribution in [1.82, 2.24) is 4.98 Å². The summed E-state index contributed by atoms with van der Waals surface area (Å²) in [4.78, 5) is 20.3. The summed E-state index contributed by atoms with van der Waals surface area (Å²) in [6.07, 6.45) is 0. The molecular weight excluding hydrogens is 432 g/mol. The number of fused-ring (bicyclic) bond motifs is 2. The quantitative estimate of drug-likeness (QED) is 0.279. The van der Waals surface area contributed by atoms with E-state index in [1.165, 1.54) is 22.5 Å². The number of nitrogens with zero attached hydrogens (tertiary/aromatic N) is 2. The van der Waals surface area contributed by atoms with Crippen molar-refractivity contribution in [3.8, 4) is 5.75 Å². The number of carbonyl (C=O) groups is 1. The number of hydrogen-bond acceptors (Lipinski definition) is 5. The summed E-state index contributed by atoms with van der Waals surface area (Å²) < 4.78 is 12.8. The number of anilines is 1. The fourth-order valence-corrected chi connectivity index (χ4v) is 4.86. The predicted octanol–water partition coefficient (Wildman–Crippen LogP) is 6.91. The molecule has 2 heterocycles. The number of para-hydroxylation sites is 1. The second-order valence-corrected chi connectivity index (χ2v) is 9.00. The molecule has 0 spiro atoms. The lowest BCUT2D eigenvalue weighted by Crippen LogP contribution is -2.30. The number of ether oxygens (including phenoxy) is 1. The van der Waals surface area contributed by atoms with Crippen LogP contribution in [-0.4, -0.2) is 17.5 Å². The van der Waals surface area contributed by atoms with Crippen molar-refractivity contribution in [1.29, 1.82) is 0 Å². The molecule has 33 heavy (non-hydrogen) atoms. The van der Waals surface area contributed by atoms with Gasteiger partial charge in [0, 0.05) is 5.39 Å². The second kappa shape index (κ2) is 8.71. The van der Waals surface area contributed by atoms with E-state index >= 15 is 0 Å². The fourth-order valence-electron chi connectivity index (χ4n) is 3.82. The molecule has 0 aliphatic heterocycles. The molecule has 2 aromatic heterocycles. The number of amides is 1. The Balaban J connectivity index is 1.59. The van der Waals surface area contributed by atoms with Crippen molar-refractivity contribution < 1.29 is 13.9 Å². The number of furan rings is 1. The number of benzene rings is 3. The summed E-state index contributed by atoms with van der Waals surface area (Å²) in [5.41, 5.74) is 4.88. The number of aryl methyl sites for hydroxylation is 2. The molecule has 0 radical (unpaired) electrons. The summed E-state index contributed by atoms with van der Waals surface area (Å²) in [7, 11) is 0. The van der Waals surface area contributed by atoms with Crippen LogP contribution in [0.5, 0.6) is 5.75 Å². The molecule has 0 bridgehead atoms. The minimum atomic E-state index is -0.231. The van der Waals surface area contributed by atoms with Crippen LogP contribution in [0.2, 0.25) is 0 Å². The first kappa shape index (κ1) is 21.2. The van der Waals surface area contributed by atoms with Gasteiger partial charge >= 0.3 is 0 Å². The third-order valence-corrected chi connectivity index (χ3v) is 6.71. The van der Waals surface area contributed by atoms with Crippen molar-refractivity contribution in [2.75, 3.05) is 11.5 Å². The van der Waals surface area contributed by atoms with E-state index in [-0.39, 0.29) is 11.7 Å². The monoisotopic (exact) mass is 456 g/mol. The molecule has 0 unspecified atom stereocenters. The first-order chi connectivity index (χ1) is 16.0. The largest absolute Gasteiger partial charge is 0.490 e. The topological polar surface area (TPSA) is 55.6 Å². The first-order valence-corrected chi connectivity index (χ1v) is 11.7. The number of rotatable bonds is 6. The van der Waals surface area contributed by atoms with Crippen LogP contribution in [-0.2, 0) is 6.54 Å². The summed E-state index contributed by atoms with van der Waals surface area (Å²) in [6, 6.07) is 21.6. The van der Waals surface area contributed by atoms with Crippen molar-refractivity contribution in [3.05, 3.63) is 89.2 Å². The fraction of sp³-hybridized carbons (Fsp3) is 0.185. The van der Waals surface area contributed by atoms with Crippen LogP contribution in [0.1, 0.15) is 34.2 Å². The van der Waals surface area contributed by atoms with E-state index in [1.54, 1.807) is 11.0 Å². The Hall–Kier alpha value is -3.64. The predicted molar refractivity (Wildman–Crippen MR) is 133 cm³/mol. The maximum atomic E-state index is 13.8. The molecule has 0 atom stereocenters. The molecule has 0 aliphatic carbocycles. The molecule has 6 heteroatoms. The first-order valence-electron chi connectivity index (χ1n) is 10.9. The Kier molecular flexibility index (Phi) is 5.60. The number of aromatic nitrogens is 1. The maximum absolute atomic E-state index is 13.8. The highest BCUT2D eigenvalue weighted by Crippen LogP contribution is 2.34. The van der Waals surface area contributed by atoms with Crippen LogP contribution in [0.4, 0.5) is 5.13 Å². The molecule has 0 aliphatic rings. The molecule has 0 N–H and O–H groups in total. The Bertz CT molecular complexity index is 1410. The van der Waals surface area contributed by atoms with Gasteiger partial charge in [-0.05, 0) is 61.7 Å². The van der Waals surface area contributed by atoms with Crippen molar-refractivity contribution in [2.45, 2.75) is 27.3 Å². The Morgan fingerprint density at radius 2 is 1.82 bits per heavy atom. The molecule has 5 rings (SSSR count). The zero-order valence-electron chi connectivity index (χ0n) is 18.8. The number of carbonyl (C=O) groups excluding carboxylic acids is 1. The third kappa shape index (κ3) is 4.10. The van der Waals surface area contributed by atoms with Crippen molar-refractivity contribution >= 4 is 43.6 Å². The van der Waals surface area contributed by atoms with E-state index in [0.29, 0.717) is 29.6 Å². The van der Waals surface area contributed by atoms with Gasteiger partial charge in [0.05, 0.1) is 23.4 Å². The Morgan fingerprint density at radius 3 is 2.61 bits per heavy atom. The van der Waals surface area contributed by atoms with Gasteiger partial charge < -0.3 is 9.15 Å². The van der Waals surface area contributed by atoms with E-state index in [4.69, 9.17) is 14.1 Å². The van der Waals surface area contributed by atoms with E-state index in [2.05, 4.69) is 26.0 Å². The zero-order chi connectivity index (χ0) is 22.9. The molecule has 3 aromatic carbocycles. The summed E-state index contributed by atoms with van der Waals surface area (Å²) in [5.74, 6) is 0.666. The highest BCUT2D eigenvalue weighted by molar-refractivity contribution is 7.22.